The fourth-order valence-corrected chi connectivity index (χ4v) is 1.54. The van der Waals surface area contributed by atoms with Gasteiger partial charge in [0.05, 0.1) is 10.7 Å². The average Bonchev–Trinajstić information content (AvgIpc) is 2.39. The van der Waals surface area contributed by atoms with Gasteiger partial charge in [-0.15, -0.1) is 0 Å². The summed E-state index contributed by atoms with van der Waals surface area (Å²) >= 11 is 0. The Morgan fingerprint density at radius 2 is 1.89 bits per heavy atom. The van der Waals surface area contributed by atoms with Gasteiger partial charge in [-0.3, -0.25) is 0 Å². The highest BCUT2D eigenvalue weighted by atomic mass is 16.5. The SMILES string of the molecule is CC(=Cc1c[n+]([O-])c(-c2ccccc2)nn1)N(C)C. The molecule has 1 aromatic carbocycles. The second kappa shape index (κ2) is 5.48. The normalized spacial score (nSPS) is 11.4. The van der Waals surface area contributed by atoms with Crippen molar-refractivity contribution in [3.63, 3.8) is 0 Å². The maximum Gasteiger partial charge on any atom is 0.360 e. The van der Waals surface area contributed by atoms with Gasteiger partial charge in [0, 0.05) is 19.8 Å². The average molecular weight is 256 g/mol. The van der Waals surface area contributed by atoms with Crippen molar-refractivity contribution < 1.29 is 4.73 Å². The highest BCUT2D eigenvalue weighted by Gasteiger charge is 2.12. The monoisotopic (exact) mass is 256 g/mol. The first-order valence-corrected chi connectivity index (χ1v) is 5.96. The Morgan fingerprint density at radius 3 is 2.47 bits per heavy atom. The lowest BCUT2D eigenvalue weighted by atomic mass is 10.2. The maximum atomic E-state index is 12.0. The van der Waals surface area contributed by atoms with Crippen molar-refractivity contribution in [3.05, 3.63) is 53.1 Å². The van der Waals surface area contributed by atoms with Gasteiger partial charge in [-0.05, 0) is 30.2 Å². The van der Waals surface area contributed by atoms with Crippen molar-refractivity contribution in [3.8, 4) is 11.4 Å². The summed E-state index contributed by atoms with van der Waals surface area (Å²) in [7, 11) is 3.87. The van der Waals surface area contributed by atoms with Crippen molar-refractivity contribution >= 4 is 6.08 Å². The molecule has 2 aromatic rings. The lowest BCUT2D eigenvalue weighted by molar-refractivity contribution is -0.597. The van der Waals surface area contributed by atoms with E-state index in [-0.39, 0.29) is 0 Å². The third-order valence-corrected chi connectivity index (χ3v) is 2.81. The zero-order valence-corrected chi connectivity index (χ0v) is 11.2. The Labute approximate surface area is 112 Å². The lowest BCUT2D eigenvalue weighted by Crippen LogP contribution is -2.31. The van der Waals surface area contributed by atoms with Crippen LogP contribution in [0.3, 0.4) is 0 Å². The number of aromatic nitrogens is 3. The molecule has 0 N–H and O–H groups in total. The standard InChI is InChI=1S/C14H16N4O/c1-11(17(2)3)9-13-10-18(19)14(16-15-13)12-7-5-4-6-8-12/h4-10H,1-3H3. The molecule has 2 rings (SSSR count). The van der Waals surface area contributed by atoms with E-state index in [1.165, 1.54) is 6.20 Å². The van der Waals surface area contributed by atoms with E-state index in [2.05, 4.69) is 10.2 Å². The summed E-state index contributed by atoms with van der Waals surface area (Å²) in [5.74, 6) is 0.306. The van der Waals surface area contributed by atoms with E-state index >= 15 is 0 Å². The van der Waals surface area contributed by atoms with Crippen LogP contribution in [0.1, 0.15) is 12.6 Å². The third kappa shape index (κ3) is 3.07. The van der Waals surface area contributed by atoms with Crippen molar-refractivity contribution in [2.45, 2.75) is 6.92 Å². The molecule has 5 heteroatoms. The smallest absolute Gasteiger partial charge is 0.360 e. The molecular weight excluding hydrogens is 240 g/mol. The zero-order chi connectivity index (χ0) is 13.8. The number of benzene rings is 1. The summed E-state index contributed by atoms with van der Waals surface area (Å²) in [6, 6.07) is 9.28. The molecule has 0 amide bonds. The molecule has 0 atom stereocenters. The molecular formula is C14H16N4O. The van der Waals surface area contributed by atoms with Crippen LogP contribution in [0.5, 0.6) is 0 Å². The summed E-state index contributed by atoms with van der Waals surface area (Å²) in [5.41, 5.74) is 2.30. The van der Waals surface area contributed by atoms with Crippen LogP contribution in [0.4, 0.5) is 0 Å². The minimum atomic E-state index is 0.306. The fourth-order valence-electron chi connectivity index (χ4n) is 1.54. The molecule has 0 aliphatic heterocycles. The van der Waals surface area contributed by atoms with Crippen molar-refractivity contribution in [2.24, 2.45) is 0 Å². The minimum absolute atomic E-state index is 0.306. The van der Waals surface area contributed by atoms with Crippen LogP contribution in [0.15, 0.2) is 42.2 Å². The van der Waals surface area contributed by atoms with Gasteiger partial charge in [0.1, 0.15) is 6.20 Å². The molecule has 0 aliphatic carbocycles. The van der Waals surface area contributed by atoms with Crippen LogP contribution in [0.2, 0.25) is 0 Å². The predicted octanol–water partition coefficient (Wildman–Crippen LogP) is 1.70. The Hall–Kier alpha value is -2.43. The minimum Gasteiger partial charge on any atom is -0.710 e. The number of rotatable bonds is 3. The van der Waals surface area contributed by atoms with Crippen molar-refractivity contribution in [2.75, 3.05) is 14.1 Å². The third-order valence-electron chi connectivity index (χ3n) is 2.81. The van der Waals surface area contributed by atoms with E-state index in [0.717, 1.165) is 16.0 Å². The van der Waals surface area contributed by atoms with Gasteiger partial charge >= 0.3 is 5.82 Å². The molecule has 0 saturated carbocycles. The fraction of sp³-hybridized carbons (Fsp3) is 0.214. The van der Waals surface area contributed by atoms with Crippen LogP contribution < -0.4 is 4.73 Å². The van der Waals surface area contributed by atoms with E-state index < -0.39 is 0 Å². The first kappa shape index (κ1) is 13.0. The highest BCUT2D eigenvalue weighted by molar-refractivity contribution is 5.52. The molecule has 0 saturated heterocycles. The Kier molecular flexibility index (Phi) is 3.75. The largest absolute Gasteiger partial charge is 0.710 e. The van der Waals surface area contributed by atoms with Gasteiger partial charge in [0.25, 0.3) is 0 Å². The molecule has 0 aliphatic rings. The Bertz CT molecular complexity index is 594. The molecule has 0 fully saturated rings. The maximum absolute atomic E-state index is 12.0. The first-order chi connectivity index (χ1) is 9.08. The van der Waals surface area contributed by atoms with E-state index in [1.54, 1.807) is 0 Å². The van der Waals surface area contributed by atoms with Gasteiger partial charge in [0.15, 0.2) is 5.69 Å². The molecule has 0 spiro atoms. The summed E-state index contributed by atoms with van der Waals surface area (Å²) in [6.45, 7) is 1.95. The second-order valence-electron chi connectivity index (χ2n) is 4.45. The summed E-state index contributed by atoms with van der Waals surface area (Å²) in [6.07, 6.45) is 3.25. The van der Waals surface area contributed by atoms with Gasteiger partial charge in [0.2, 0.25) is 0 Å². The Morgan fingerprint density at radius 1 is 1.21 bits per heavy atom. The van der Waals surface area contributed by atoms with Crippen LogP contribution >= 0.6 is 0 Å². The summed E-state index contributed by atoms with van der Waals surface area (Å²) < 4.78 is 0.747. The predicted molar refractivity (Wildman–Crippen MR) is 73.8 cm³/mol. The molecule has 0 radical (unpaired) electrons. The molecule has 98 valence electrons. The highest BCUT2D eigenvalue weighted by Crippen LogP contribution is 2.11. The van der Waals surface area contributed by atoms with Crippen LogP contribution in [0, 0.1) is 5.21 Å². The van der Waals surface area contributed by atoms with E-state index in [4.69, 9.17) is 0 Å². The summed E-state index contributed by atoms with van der Waals surface area (Å²) in [5, 5.41) is 20.0. The molecule has 0 bridgehead atoms. The molecule has 0 unspecified atom stereocenters. The zero-order valence-electron chi connectivity index (χ0n) is 11.2. The molecule has 1 heterocycles. The second-order valence-corrected chi connectivity index (χ2v) is 4.45. The number of nitrogens with zero attached hydrogens (tertiary/aromatic N) is 4. The Balaban J connectivity index is 2.36. The van der Waals surface area contributed by atoms with Gasteiger partial charge in [-0.25, -0.2) is 4.73 Å². The van der Waals surface area contributed by atoms with Crippen molar-refractivity contribution in [1.82, 2.24) is 15.1 Å². The topological polar surface area (TPSA) is 56.0 Å². The van der Waals surface area contributed by atoms with Gasteiger partial charge in [-0.2, -0.15) is 0 Å². The van der Waals surface area contributed by atoms with E-state index in [0.29, 0.717) is 11.5 Å². The van der Waals surface area contributed by atoms with Gasteiger partial charge < -0.3 is 10.1 Å². The summed E-state index contributed by atoms with van der Waals surface area (Å²) in [4.78, 5) is 1.95. The number of hydrogen-bond acceptors (Lipinski definition) is 4. The van der Waals surface area contributed by atoms with Gasteiger partial charge in [-0.1, -0.05) is 18.2 Å². The number of allylic oxidation sites excluding steroid dienone is 1. The van der Waals surface area contributed by atoms with Crippen LogP contribution in [-0.4, -0.2) is 29.2 Å². The quantitative estimate of drug-likeness (QED) is 0.619. The van der Waals surface area contributed by atoms with E-state index in [1.807, 2.05) is 62.3 Å². The number of hydrogen-bond donors (Lipinski definition) is 0. The van der Waals surface area contributed by atoms with Crippen LogP contribution in [-0.2, 0) is 0 Å². The lowest BCUT2D eigenvalue weighted by Gasteiger charge is -2.12. The van der Waals surface area contributed by atoms with Crippen LogP contribution in [0.25, 0.3) is 17.5 Å². The molecule has 5 nitrogen and oxygen atoms in total. The van der Waals surface area contributed by atoms with E-state index in [9.17, 15) is 5.21 Å². The van der Waals surface area contributed by atoms with Crippen molar-refractivity contribution in [1.29, 1.82) is 0 Å². The molecule has 1 aromatic heterocycles. The molecule has 19 heavy (non-hydrogen) atoms. The first-order valence-electron chi connectivity index (χ1n) is 5.96.